The molecule has 0 aliphatic carbocycles. The van der Waals surface area contributed by atoms with E-state index in [2.05, 4.69) is 18.0 Å². The summed E-state index contributed by atoms with van der Waals surface area (Å²) in [6.45, 7) is 2.51. The van der Waals surface area contributed by atoms with Gasteiger partial charge in [-0.1, -0.05) is 43.7 Å². The van der Waals surface area contributed by atoms with Crippen LogP contribution < -0.4 is 0 Å². The first-order chi connectivity index (χ1) is 14.1. The van der Waals surface area contributed by atoms with Gasteiger partial charge in [0.2, 0.25) is 0 Å². The van der Waals surface area contributed by atoms with Gasteiger partial charge >= 0.3 is 6.03 Å². The Balaban J connectivity index is 1.68. The molecule has 0 saturated carbocycles. The molecule has 0 spiro atoms. The molecule has 3 aromatic rings. The van der Waals surface area contributed by atoms with Crippen molar-refractivity contribution >= 4 is 22.8 Å². The molecular formula is C23H23N3O3. The molecule has 2 aliphatic rings. The van der Waals surface area contributed by atoms with E-state index in [4.69, 9.17) is 0 Å². The Morgan fingerprint density at radius 3 is 2.62 bits per heavy atom. The Labute approximate surface area is 168 Å². The minimum atomic E-state index is -0.495. The van der Waals surface area contributed by atoms with Gasteiger partial charge in [0.15, 0.2) is 0 Å². The number of aromatic nitrogens is 1. The molecular weight excluding hydrogens is 366 g/mol. The van der Waals surface area contributed by atoms with Crippen molar-refractivity contribution in [3.8, 4) is 5.75 Å². The summed E-state index contributed by atoms with van der Waals surface area (Å²) in [7, 11) is 0. The maximum atomic E-state index is 13.3. The van der Waals surface area contributed by atoms with Crippen LogP contribution in [-0.2, 0) is 11.2 Å². The fourth-order valence-corrected chi connectivity index (χ4v) is 4.65. The van der Waals surface area contributed by atoms with Crippen LogP contribution in [0.25, 0.3) is 10.9 Å². The zero-order valence-electron chi connectivity index (χ0n) is 16.3. The van der Waals surface area contributed by atoms with Gasteiger partial charge in [-0.15, -0.1) is 0 Å². The lowest BCUT2D eigenvalue weighted by Crippen LogP contribution is -2.44. The number of para-hydroxylation sites is 1. The number of urea groups is 1. The van der Waals surface area contributed by atoms with Crippen LogP contribution in [0.15, 0.2) is 48.5 Å². The predicted octanol–water partition coefficient (Wildman–Crippen LogP) is 3.95. The quantitative estimate of drug-likeness (QED) is 0.664. The molecule has 3 amide bonds. The zero-order valence-corrected chi connectivity index (χ0v) is 16.3. The van der Waals surface area contributed by atoms with Gasteiger partial charge in [0, 0.05) is 29.6 Å². The summed E-state index contributed by atoms with van der Waals surface area (Å²) in [5.41, 5.74) is 3.93. The van der Waals surface area contributed by atoms with E-state index in [0.717, 1.165) is 40.6 Å². The van der Waals surface area contributed by atoms with Crippen molar-refractivity contribution in [2.75, 3.05) is 6.54 Å². The third kappa shape index (κ3) is 2.63. The molecule has 1 aromatic heterocycles. The SMILES string of the molecule is CCCCN1C(=O)C2Cc3c([nH]c4ccccc34)C(c3ccc(O)cc3)N2C1=O. The second-order valence-electron chi connectivity index (χ2n) is 7.81. The highest BCUT2D eigenvalue weighted by Crippen LogP contribution is 2.44. The number of hydrogen-bond acceptors (Lipinski definition) is 3. The first kappa shape index (κ1) is 17.8. The van der Waals surface area contributed by atoms with Gasteiger partial charge in [-0.3, -0.25) is 14.6 Å². The van der Waals surface area contributed by atoms with E-state index in [-0.39, 0.29) is 23.7 Å². The number of aromatic hydroxyl groups is 1. The van der Waals surface area contributed by atoms with E-state index in [1.165, 1.54) is 4.90 Å². The molecule has 148 valence electrons. The summed E-state index contributed by atoms with van der Waals surface area (Å²) in [6, 6.07) is 13.8. The number of fused-ring (bicyclic) bond motifs is 4. The van der Waals surface area contributed by atoms with E-state index in [1.54, 1.807) is 17.0 Å². The number of phenolic OH excluding ortho intramolecular Hbond substituents is 1. The normalized spacial score (nSPS) is 21.0. The van der Waals surface area contributed by atoms with Gasteiger partial charge in [-0.25, -0.2) is 4.79 Å². The molecule has 1 fully saturated rings. The highest BCUT2D eigenvalue weighted by Gasteiger charge is 2.52. The molecule has 6 nitrogen and oxygen atoms in total. The number of nitrogens with zero attached hydrogens (tertiary/aromatic N) is 2. The Bertz CT molecular complexity index is 1100. The van der Waals surface area contributed by atoms with Crippen molar-refractivity contribution in [2.24, 2.45) is 0 Å². The molecule has 1 saturated heterocycles. The van der Waals surface area contributed by atoms with Crippen molar-refractivity contribution in [1.29, 1.82) is 0 Å². The number of phenols is 1. The smallest absolute Gasteiger partial charge is 0.328 e. The van der Waals surface area contributed by atoms with E-state index in [9.17, 15) is 14.7 Å². The Hall–Kier alpha value is -3.28. The Kier molecular flexibility index (Phi) is 4.08. The standard InChI is InChI=1S/C23H23N3O3/c1-2-3-12-25-22(28)19-13-17-16-6-4-5-7-18(16)24-20(17)21(26(19)23(25)29)14-8-10-15(27)11-9-14/h4-11,19,21,24,27H,2-3,12-13H2,1H3. The molecule has 29 heavy (non-hydrogen) atoms. The van der Waals surface area contributed by atoms with Gasteiger partial charge in [0.25, 0.3) is 5.91 Å². The first-order valence-corrected chi connectivity index (χ1v) is 10.1. The van der Waals surface area contributed by atoms with Crippen LogP contribution in [-0.4, -0.2) is 44.4 Å². The lowest BCUT2D eigenvalue weighted by molar-refractivity contribution is -0.128. The number of benzene rings is 2. The molecule has 6 heteroatoms. The summed E-state index contributed by atoms with van der Waals surface area (Å²) in [5, 5.41) is 10.8. The predicted molar refractivity (Wildman–Crippen MR) is 110 cm³/mol. The second-order valence-corrected chi connectivity index (χ2v) is 7.81. The van der Waals surface area contributed by atoms with Crippen molar-refractivity contribution in [1.82, 2.24) is 14.8 Å². The third-order valence-electron chi connectivity index (χ3n) is 6.08. The highest BCUT2D eigenvalue weighted by atomic mass is 16.3. The van der Waals surface area contributed by atoms with Crippen LogP contribution in [0.2, 0.25) is 0 Å². The second kappa shape index (κ2) is 6.65. The number of carbonyl (C=O) groups excluding carboxylic acids is 2. The summed E-state index contributed by atoms with van der Waals surface area (Å²) in [6.07, 6.45) is 2.24. The van der Waals surface area contributed by atoms with E-state index < -0.39 is 6.04 Å². The average molecular weight is 389 g/mol. The van der Waals surface area contributed by atoms with Crippen LogP contribution in [0.1, 0.15) is 42.6 Å². The number of hydrogen-bond donors (Lipinski definition) is 2. The fraction of sp³-hybridized carbons (Fsp3) is 0.304. The lowest BCUT2D eigenvalue weighted by Gasteiger charge is -2.36. The molecule has 2 atom stereocenters. The summed E-state index contributed by atoms with van der Waals surface area (Å²) >= 11 is 0. The van der Waals surface area contributed by atoms with Crippen LogP contribution in [0, 0.1) is 0 Å². The number of unbranched alkanes of at least 4 members (excludes halogenated alkanes) is 1. The zero-order chi connectivity index (χ0) is 20.1. The largest absolute Gasteiger partial charge is 0.508 e. The van der Waals surface area contributed by atoms with Crippen LogP contribution in [0.4, 0.5) is 4.79 Å². The topological polar surface area (TPSA) is 76.6 Å². The van der Waals surface area contributed by atoms with E-state index >= 15 is 0 Å². The number of nitrogens with one attached hydrogen (secondary N) is 1. The van der Waals surface area contributed by atoms with Crippen molar-refractivity contribution in [3.63, 3.8) is 0 Å². The molecule has 0 radical (unpaired) electrons. The van der Waals surface area contributed by atoms with Crippen LogP contribution in [0.3, 0.4) is 0 Å². The van der Waals surface area contributed by atoms with Crippen LogP contribution >= 0.6 is 0 Å². The number of H-pyrrole nitrogens is 1. The Morgan fingerprint density at radius 2 is 1.86 bits per heavy atom. The number of imide groups is 1. The molecule has 2 aromatic carbocycles. The van der Waals surface area contributed by atoms with E-state index in [0.29, 0.717) is 13.0 Å². The maximum absolute atomic E-state index is 13.3. The average Bonchev–Trinajstić information content (AvgIpc) is 3.21. The summed E-state index contributed by atoms with van der Waals surface area (Å²) in [5.74, 6) is 0.0644. The third-order valence-corrected chi connectivity index (χ3v) is 6.08. The van der Waals surface area contributed by atoms with Gasteiger partial charge < -0.3 is 10.1 Å². The number of rotatable bonds is 4. The monoisotopic (exact) mass is 389 g/mol. The van der Waals surface area contributed by atoms with Gasteiger partial charge in [0.05, 0.1) is 0 Å². The molecule has 2 unspecified atom stereocenters. The number of amides is 3. The molecule has 0 bridgehead atoms. The van der Waals surface area contributed by atoms with Gasteiger partial charge in [-0.05, 0) is 35.7 Å². The number of aromatic amines is 1. The van der Waals surface area contributed by atoms with Crippen molar-refractivity contribution in [2.45, 2.75) is 38.3 Å². The van der Waals surface area contributed by atoms with Crippen LogP contribution in [0.5, 0.6) is 5.75 Å². The Morgan fingerprint density at radius 1 is 1.10 bits per heavy atom. The summed E-state index contributed by atoms with van der Waals surface area (Å²) < 4.78 is 0. The molecule has 2 N–H and O–H groups in total. The highest BCUT2D eigenvalue weighted by molar-refractivity contribution is 6.05. The molecule has 3 heterocycles. The molecule has 5 rings (SSSR count). The maximum Gasteiger partial charge on any atom is 0.328 e. The van der Waals surface area contributed by atoms with E-state index in [1.807, 2.05) is 30.3 Å². The minimum Gasteiger partial charge on any atom is -0.508 e. The first-order valence-electron chi connectivity index (χ1n) is 10.1. The van der Waals surface area contributed by atoms with Crippen molar-refractivity contribution in [3.05, 3.63) is 65.4 Å². The van der Waals surface area contributed by atoms with Gasteiger partial charge in [-0.2, -0.15) is 0 Å². The lowest BCUT2D eigenvalue weighted by atomic mass is 9.89. The van der Waals surface area contributed by atoms with Gasteiger partial charge in [0.1, 0.15) is 17.8 Å². The number of carbonyl (C=O) groups is 2. The fourth-order valence-electron chi connectivity index (χ4n) is 4.65. The summed E-state index contributed by atoms with van der Waals surface area (Å²) in [4.78, 5) is 33.1. The van der Waals surface area contributed by atoms with Crippen molar-refractivity contribution < 1.29 is 14.7 Å². The molecule has 2 aliphatic heterocycles. The minimum absolute atomic E-state index is 0.108.